The summed E-state index contributed by atoms with van der Waals surface area (Å²) in [5.74, 6) is 1.89. The Balaban J connectivity index is 1.72. The largest absolute Gasteiger partial charge is 0.496 e. The van der Waals surface area contributed by atoms with Crippen molar-refractivity contribution in [1.29, 1.82) is 0 Å². The molecule has 0 aliphatic carbocycles. The average Bonchev–Trinajstić information content (AvgIpc) is 2.98. The summed E-state index contributed by atoms with van der Waals surface area (Å²) < 4.78 is 11.9. The second-order valence-corrected chi connectivity index (χ2v) is 7.14. The van der Waals surface area contributed by atoms with Gasteiger partial charge in [-0.1, -0.05) is 30.3 Å². The van der Waals surface area contributed by atoms with Gasteiger partial charge in [-0.2, -0.15) is 0 Å². The van der Waals surface area contributed by atoms with Crippen molar-refractivity contribution in [3.05, 3.63) is 53.8 Å². The van der Waals surface area contributed by atoms with Crippen LogP contribution in [0.3, 0.4) is 0 Å². The zero-order chi connectivity index (χ0) is 18.1. The molecule has 1 saturated heterocycles. The number of likely N-dealkylation sites (N-methyl/N-ethyl adjacent to an activating group) is 1. The monoisotopic (exact) mass is 350 g/mol. The van der Waals surface area contributed by atoms with E-state index < -0.39 is 0 Å². The number of furan rings is 1. The van der Waals surface area contributed by atoms with Crippen LogP contribution >= 0.6 is 0 Å². The van der Waals surface area contributed by atoms with Crippen LogP contribution in [0.4, 0.5) is 0 Å². The molecule has 0 atom stereocenters. The van der Waals surface area contributed by atoms with Crippen LogP contribution in [-0.2, 0) is 6.54 Å². The molecule has 2 heterocycles. The van der Waals surface area contributed by atoms with Crippen LogP contribution in [-0.4, -0.2) is 50.1 Å². The summed E-state index contributed by atoms with van der Waals surface area (Å²) in [7, 11) is 3.94. The van der Waals surface area contributed by atoms with Crippen molar-refractivity contribution in [3.63, 3.8) is 0 Å². The molecule has 0 bridgehead atoms. The molecule has 4 rings (SSSR count). The summed E-state index contributed by atoms with van der Waals surface area (Å²) in [6, 6.07) is 14.7. The highest BCUT2D eigenvalue weighted by Gasteiger charge is 2.19. The van der Waals surface area contributed by atoms with Crippen LogP contribution in [0.15, 0.2) is 46.9 Å². The van der Waals surface area contributed by atoms with Crippen LogP contribution in [0.25, 0.3) is 22.1 Å². The first-order valence-corrected chi connectivity index (χ1v) is 9.22. The molecular weight excluding hydrogens is 324 g/mol. The normalized spacial score (nSPS) is 16.3. The molecule has 1 aromatic heterocycles. The highest BCUT2D eigenvalue weighted by atomic mass is 16.5. The molecule has 4 nitrogen and oxygen atoms in total. The fourth-order valence-electron chi connectivity index (χ4n) is 3.81. The molecule has 0 spiro atoms. The number of rotatable bonds is 4. The van der Waals surface area contributed by atoms with Gasteiger partial charge in [0.05, 0.1) is 7.11 Å². The molecule has 0 saturated carbocycles. The summed E-state index contributed by atoms with van der Waals surface area (Å²) in [4.78, 5) is 4.86. The maximum Gasteiger partial charge on any atom is 0.135 e. The standard InChI is InChI=1S/C22H26N2O2/c1-16-22(17-7-5-4-6-8-17)19-14-20(25-3)18(13-21(19)26-16)15-24-11-9-23(2)10-12-24/h4-8,13-14H,9-12,15H2,1-3H3. The SMILES string of the molecule is COc1cc2c(-c3ccccc3)c(C)oc2cc1CN1CCN(C)CC1. The Labute approximate surface area is 155 Å². The van der Waals surface area contributed by atoms with Gasteiger partial charge in [0, 0.05) is 49.2 Å². The number of aryl methyl sites for hydroxylation is 1. The fraction of sp³-hybridized carbons (Fsp3) is 0.364. The average molecular weight is 350 g/mol. The minimum atomic E-state index is 0.896. The number of methoxy groups -OCH3 is 1. The molecule has 2 aromatic carbocycles. The predicted octanol–water partition coefficient (Wildman–Crippen LogP) is 4.16. The first-order chi connectivity index (χ1) is 12.7. The third-order valence-corrected chi connectivity index (χ3v) is 5.32. The van der Waals surface area contributed by atoms with Crippen LogP contribution in [0.2, 0.25) is 0 Å². The first-order valence-electron chi connectivity index (χ1n) is 9.22. The van der Waals surface area contributed by atoms with Gasteiger partial charge < -0.3 is 14.1 Å². The van der Waals surface area contributed by atoms with Crippen LogP contribution in [0.5, 0.6) is 5.75 Å². The van der Waals surface area contributed by atoms with E-state index in [1.54, 1.807) is 7.11 Å². The zero-order valence-electron chi connectivity index (χ0n) is 15.8. The summed E-state index contributed by atoms with van der Waals surface area (Å²) in [5, 5.41) is 1.12. The fourth-order valence-corrected chi connectivity index (χ4v) is 3.81. The van der Waals surface area contributed by atoms with Gasteiger partial charge in [-0.25, -0.2) is 0 Å². The molecule has 3 aromatic rings. The van der Waals surface area contributed by atoms with E-state index in [4.69, 9.17) is 9.15 Å². The Morgan fingerprint density at radius 1 is 1.04 bits per heavy atom. The van der Waals surface area contributed by atoms with E-state index in [-0.39, 0.29) is 0 Å². The highest BCUT2D eigenvalue weighted by molar-refractivity contribution is 5.97. The third-order valence-electron chi connectivity index (χ3n) is 5.32. The number of ether oxygens (including phenoxy) is 1. The molecule has 0 amide bonds. The van der Waals surface area contributed by atoms with Gasteiger partial charge in [-0.3, -0.25) is 4.90 Å². The van der Waals surface area contributed by atoms with Crippen molar-refractivity contribution in [3.8, 4) is 16.9 Å². The highest BCUT2D eigenvalue weighted by Crippen LogP contribution is 2.38. The summed E-state index contributed by atoms with van der Waals surface area (Å²) >= 11 is 0. The van der Waals surface area contributed by atoms with Gasteiger partial charge in [0.25, 0.3) is 0 Å². The van der Waals surface area contributed by atoms with Gasteiger partial charge in [0.1, 0.15) is 17.1 Å². The molecule has 4 heteroatoms. The van der Waals surface area contributed by atoms with E-state index in [9.17, 15) is 0 Å². The minimum absolute atomic E-state index is 0.896. The number of hydrogen-bond acceptors (Lipinski definition) is 4. The van der Waals surface area contributed by atoms with Crippen molar-refractivity contribution < 1.29 is 9.15 Å². The number of piperazine rings is 1. The van der Waals surface area contributed by atoms with Gasteiger partial charge in [0.2, 0.25) is 0 Å². The lowest BCUT2D eigenvalue weighted by atomic mass is 10.0. The second kappa shape index (κ2) is 7.14. The third kappa shape index (κ3) is 3.22. The number of benzene rings is 2. The molecular formula is C22H26N2O2. The van der Waals surface area contributed by atoms with Gasteiger partial charge >= 0.3 is 0 Å². The molecule has 0 radical (unpaired) electrons. The first kappa shape index (κ1) is 17.1. The zero-order valence-corrected chi connectivity index (χ0v) is 15.8. The molecule has 0 N–H and O–H groups in total. The number of fused-ring (bicyclic) bond motifs is 1. The number of nitrogens with zero attached hydrogens (tertiary/aromatic N) is 2. The van der Waals surface area contributed by atoms with Crippen molar-refractivity contribution >= 4 is 11.0 Å². The Morgan fingerprint density at radius 3 is 2.46 bits per heavy atom. The lowest BCUT2D eigenvalue weighted by molar-refractivity contribution is 0.147. The van der Waals surface area contributed by atoms with Gasteiger partial charge in [-0.05, 0) is 31.7 Å². The molecule has 1 aliphatic rings. The molecule has 1 aliphatic heterocycles. The maximum atomic E-state index is 6.12. The Hall–Kier alpha value is -2.30. The van der Waals surface area contributed by atoms with Gasteiger partial charge in [-0.15, -0.1) is 0 Å². The maximum absolute atomic E-state index is 6.12. The molecule has 26 heavy (non-hydrogen) atoms. The van der Waals surface area contributed by atoms with Crippen LogP contribution in [0, 0.1) is 6.92 Å². The summed E-state index contributed by atoms with van der Waals surface area (Å²) in [5.41, 5.74) is 4.46. The molecule has 1 fully saturated rings. The van der Waals surface area contributed by atoms with Crippen LogP contribution < -0.4 is 4.74 Å². The quantitative estimate of drug-likeness (QED) is 0.706. The predicted molar refractivity (Wildman–Crippen MR) is 106 cm³/mol. The van der Waals surface area contributed by atoms with Crippen molar-refractivity contribution in [2.24, 2.45) is 0 Å². The summed E-state index contributed by atoms with van der Waals surface area (Å²) in [6.07, 6.45) is 0. The van der Waals surface area contributed by atoms with E-state index in [1.807, 2.05) is 13.0 Å². The Morgan fingerprint density at radius 2 is 1.77 bits per heavy atom. The number of hydrogen-bond donors (Lipinski definition) is 0. The topological polar surface area (TPSA) is 28.9 Å². The smallest absolute Gasteiger partial charge is 0.135 e. The second-order valence-electron chi connectivity index (χ2n) is 7.14. The minimum Gasteiger partial charge on any atom is -0.496 e. The van der Waals surface area contributed by atoms with Crippen molar-refractivity contribution in [1.82, 2.24) is 9.80 Å². The van der Waals surface area contributed by atoms with Crippen molar-refractivity contribution in [2.75, 3.05) is 40.3 Å². The van der Waals surface area contributed by atoms with E-state index >= 15 is 0 Å². The Kier molecular flexibility index (Phi) is 4.70. The van der Waals surface area contributed by atoms with E-state index in [2.05, 4.69) is 53.2 Å². The van der Waals surface area contributed by atoms with E-state index in [1.165, 1.54) is 11.1 Å². The molecule has 136 valence electrons. The van der Waals surface area contributed by atoms with Gasteiger partial charge in [0.15, 0.2) is 0 Å². The van der Waals surface area contributed by atoms with Crippen molar-refractivity contribution in [2.45, 2.75) is 13.5 Å². The Bertz CT molecular complexity index is 893. The lowest BCUT2D eigenvalue weighted by Crippen LogP contribution is -2.43. The van der Waals surface area contributed by atoms with E-state index in [0.29, 0.717) is 0 Å². The lowest BCUT2D eigenvalue weighted by Gasteiger charge is -2.32. The molecule has 0 unspecified atom stereocenters. The van der Waals surface area contributed by atoms with E-state index in [0.717, 1.165) is 60.8 Å². The summed E-state index contributed by atoms with van der Waals surface area (Å²) in [6.45, 7) is 7.34. The van der Waals surface area contributed by atoms with Crippen LogP contribution in [0.1, 0.15) is 11.3 Å².